The van der Waals surface area contributed by atoms with E-state index >= 15 is 0 Å². The molecule has 2 rings (SSSR count). The van der Waals surface area contributed by atoms with Gasteiger partial charge in [-0.05, 0) is 30.6 Å². The smallest absolute Gasteiger partial charge is 0.105 e. The van der Waals surface area contributed by atoms with Gasteiger partial charge in [0.15, 0.2) is 0 Å². The lowest BCUT2D eigenvalue weighted by molar-refractivity contribution is 0.205. The van der Waals surface area contributed by atoms with Crippen LogP contribution >= 0.6 is 0 Å². The van der Waals surface area contributed by atoms with Crippen LogP contribution in [0.4, 0.5) is 4.39 Å². The van der Waals surface area contributed by atoms with E-state index in [4.69, 9.17) is 5.41 Å². The molecule has 1 fully saturated rings. The minimum Gasteiger partial charge on any atom is -0.305 e. The quantitative estimate of drug-likeness (QED) is 0.591. The minimum absolute atomic E-state index is 0.00757. The second-order valence-electron chi connectivity index (χ2n) is 4.88. The van der Waals surface area contributed by atoms with Crippen LogP contribution in [0.5, 0.6) is 0 Å². The van der Waals surface area contributed by atoms with Gasteiger partial charge in [-0.25, -0.2) is 4.39 Å². The van der Waals surface area contributed by atoms with E-state index in [-0.39, 0.29) is 11.2 Å². The van der Waals surface area contributed by atoms with Crippen LogP contribution < -0.4 is 0 Å². The Kier molecular flexibility index (Phi) is 1.83. The van der Waals surface area contributed by atoms with Gasteiger partial charge in [-0.2, -0.15) is 0 Å². The largest absolute Gasteiger partial charge is 0.305 e. The van der Waals surface area contributed by atoms with Gasteiger partial charge < -0.3 is 5.41 Å². The molecule has 1 N–H and O–H groups in total. The third-order valence-corrected chi connectivity index (χ3v) is 3.58. The number of fused-ring (bicyclic) bond motifs is 1. The van der Waals surface area contributed by atoms with E-state index in [1.54, 1.807) is 0 Å². The molecule has 1 atom stereocenters. The maximum atomic E-state index is 13.5. The summed E-state index contributed by atoms with van der Waals surface area (Å²) < 4.78 is 13.5. The highest BCUT2D eigenvalue weighted by molar-refractivity contribution is 6.01. The van der Waals surface area contributed by atoms with Crippen LogP contribution in [-0.2, 0) is 0 Å². The first-order valence-corrected chi connectivity index (χ1v) is 4.99. The van der Waals surface area contributed by atoms with Gasteiger partial charge in [0, 0.05) is 17.7 Å². The lowest BCUT2D eigenvalue weighted by atomic mass is 9.69. The van der Waals surface area contributed by atoms with Crippen molar-refractivity contribution in [3.05, 3.63) is 11.4 Å². The molecule has 2 heteroatoms. The van der Waals surface area contributed by atoms with Crippen molar-refractivity contribution < 1.29 is 4.39 Å². The van der Waals surface area contributed by atoms with Gasteiger partial charge >= 0.3 is 0 Å². The van der Waals surface area contributed by atoms with Gasteiger partial charge in [0.25, 0.3) is 0 Å². The van der Waals surface area contributed by atoms with E-state index in [1.807, 2.05) is 0 Å². The van der Waals surface area contributed by atoms with Crippen molar-refractivity contribution >= 4 is 5.71 Å². The van der Waals surface area contributed by atoms with Gasteiger partial charge in [0.05, 0.1) is 0 Å². The maximum absolute atomic E-state index is 13.5. The van der Waals surface area contributed by atoms with Crippen molar-refractivity contribution in [3.8, 4) is 0 Å². The minimum atomic E-state index is -0.00757. The molecule has 1 saturated carbocycles. The molecule has 0 aromatic carbocycles. The Morgan fingerprint density at radius 2 is 2.08 bits per heavy atom. The SMILES string of the molecule is CC1(C)CCC(F)=C2C(=N)CC[C@H]21. The fraction of sp³-hybridized carbons (Fsp3) is 0.727. The van der Waals surface area contributed by atoms with Crippen molar-refractivity contribution in [3.63, 3.8) is 0 Å². The molecule has 0 heterocycles. The van der Waals surface area contributed by atoms with Crippen molar-refractivity contribution in [2.75, 3.05) is 0 Å². The average molecular weight is 181 g/mol. The van der Waals surface area contributed by atoms with E-state index in [0.29, 0.717) is 18.1 Å². The molecule has 0 saturated heterocycles. The van der Waals surface area contributed by atoms with E-state index in [2.05, 4.69) is 13.8 Å². The first kappa shape index (κ1) is 8.92. The summed E-state index contributed by atoms with van der Waals surface area (Å²) in [6, 6.07) is 0. The molecule has 0 bridgehead atoms. The summed E-state index contributed by atoms with van der Waals surface area (Å²) in [4.78, 5) is 0. The Morgan fingerprint density at radius 1 is 1.38 bits per heavy atom. The van der Waals surface area contributed by atoms with Gasteiger partial charge in [-0.3, -0.25) is 0 Å². The Labute approximate surface area is 78.5 Å². The molecule has 0 aromatic rings. The zero-order chi connectivity index (χ0) is 9.64. The summed E-state index contributed by atoms with van der Waals surface area (Å²) in [5, 5.41) is 7.68. The molecule has 0 amide bonds. The number of hydrogen-bond acceptors (Lipinski definition) is 1. The Hall–Kier alpha value is -0.660. The van der Waals surface area contributed by atoms with Crippen LogP contribution in [0.3, 0.4) is 0 Å². The molecular weight excluding hydrogens is 165 g/mol. The number of allylic oxidation sites excluding steroid dienone is 2. The third kappa shape index (κ3) is 1.23. The van der Waals surface area contributed by atoms with Crippen LogP contribution in [0, 0.1) is 16.7 Å². The lowest BCUT2D eigenvalue weighted by Gasteiger charge is -2.36. The summed E-state index contributed by atoms with van der Waals surface area (Å²) in [5.41, 5.74) is 1.50. The fourth-order valence-electron chi connectivity index (χ4n) is 2.65. The zero-order valence-corrected chi connectivity index (χ0v) is 8.28. The summed E-state index contributed by atoms with van der Waals surface area (Å²) >= 11 is 0. The molecule has 0 unspecified atom stereocenters. The second kappa shape index (κ2) is 2.66. The van der Waals surface area contributed by atoms with E-state index < -0.39 is 0 Å². The molecule has 1 nitrogen and oxygen atoms in total. The summed E-state index contributed by atoms with van der Waals surface area (Å²) in [6.07, 6.45) is 3.23. The molecule has 72 valence electrons. The van der Waals surface area contributed by atoms with Crippen molar-refractivity contribution in [1.29, 1.82) is 5.41 Å². The first-order valence-electron chi connectivity index (χ1n) is 4.99. The summed E-state index contributed by atoms with van der Waals surface area (Å²) in [6.45, 7) is 4.39. The number of hydrogen-bond donors (Lipinski definition) is 1. The molecule has 0 radical (unpaired) electrons. The highest BCUT2D eigenvalue weighted by Crippen LogP contribution is 2.50. The monoisotopic (exact) mass is 181 g/mol. The predicted octanol–water partition coefficient (Wildman–Crippen LogP) is 3.46. The molecule has 2 aliphatic carbocycles. The Balaban J connectivity index is 2.43. The predicted molar refractivity (Wildman–Crippen MR) is 51.6 cm³/mol. The van der Waals surface area contributed by atoms with E-state index in [0.717, 1.165) is 24.8 Å². The molecule has 2 aliphatic rings. The van der Waals surface area contributed by atoms with E-state index in [9.17, 15) is 4.39 Å². The topological polar surface area (TPSA) is 23.9 Å². The molecule has 13 heavy (non-hydrogen) atoms. The molecule has 0 aliphatic heterocycles. The first-order chi connectivity index (χ1) is 6.02. The standard InChI is InChI=1S/C11H16FN/c1-11(2)6-5-8(12)10-7(11)3-4-9(10)13/h7,13H,3-6H2,1-2H3/t7-/m1/s1. The van der Waals surface area contributed by atoms with Crippen molar-refractivity contribution in [1.82, 2.24) is 0 Å². The van der Waals surface area contributed by atoms with Crippen LogP contribution in [0.25, 0.3) is 0 Å². The summed E-state index contributed by atoms with van der Waals surface area (Å²) in [5.74, 6) is 0.306. The summed E-state index contributed by atoms with van der Waals surface area (Å²) in [7, 11) is 0. The fourth-order valence-corrected chi connectivity index (χ4v) is 2.65. The van der Waals surface area contributed by atoms with Gasteiger partial charge in [-0.15, -0.1) is 0 Å². The number of halogens is 1. The highest BCUT2D eigenvalue weighted by atomic mass is 19.1. The molecule has 0 spiro atoms. The van der Waals surface area contributed by atoms with Gasteiger partial charge in [-0.1, -0.05) is 13.8 Å². The Bertz CT molecular complexity index is 288. The normalized spacial score (nSPS) is 32.2. The van der Waals surface area contributed by atoms with Crippen LogP contribution in [0.1, 0.15) is 39.5 Å². The zero-order valence-electron chi connectivity index (χ0n) is 8.28. The number of rotatable bonds is 0. The lowest BCUT2D eigenvalue weighted by Crippen LogP contribution is -2.28. The average Bonchev–Trinajstić information content (AvgIpc) is 2.42. The van der Waals surface area contributed by atoms with Gasteiger partial charge in [0.1, 0.15) is 5.83 Å². The molecule has 0 aromatic heterocycles. The van der Waals surface area contributed by atoms with Crippen LogP contribution in [0.15, 0.2) is 11.4 Å². The third-order valence-electron chi connectivity index (χ3n) is 3.58. The molecular formula is C11H16FN. The Morgan fingerprint density at radius 3 is 2.69 bits per heavy atom. The van der Waals surface area contributed by atoms with Crippen LogP contribution in [0.2, 0.25) is 0 Å². The number of nitrogens with one attached hydrogen (secondary N) is 1. The maximum Gasteiger partial charge on any atom is 0.105 e. The van der Waals surface area contributed by atoms with Crippen molar-refractivity contribution in [2.24, 2.45) is 11.3 Å². The van der Waals surface area contributed by atoms with Crippen molar-refractivity contribution in [2.45, 2.75) is 39.5 Å². The second-order valence-corrected chi connectivity index (χ2v) is 4.88. The van der Waals surface area contributed by atoms with E-state index in [1.165, 1.54) is 0 Å². The van der Waals surface area contributed by atoms with Crippen LogP contribution in [-0.4, -0.2) is 5.71 Å². The highest BCUT2D eigenvalue weighted by Gasteiger charge is 2.42. The van der Waals surface area contributed by atoms with Gasteiger partial charge in [0.2, 0.25) is 0 Å².